The van der Waals surface area contributed by atoms with Crippen molar-refractivity contribution in [1.29, 1.82) is 0 Å². The fourth-order valence-electron chi connectivity index (χ4n) is 2.04. The van der Waals surface area contributed by atoms with Crippen LogP contribution in [0.3, 0.4) is 0 Å². The number of methoxy groups -OCH3 is 1. The van der Waals surface area contributed by atoms with Gasteiger partial charge in [0, 0.05) is 11.1 Å². The highest BCUT2D eigenvalue weighted by Gasteiger charge is 2.12. The average Bonchev–Trinajstić information content (AvgIpc) is 2.64. The molecule has 0 heterocycles. The molecule has 0 fully saturated rings. The molecule has 0 amide bonds. The molecule has 2 aromatic carbocycles. The standard InChI is InChI=1S/C20H16Cl2O4/c1-3-10-25-19(23)9-6-15-11-17(22)20(18(12-15)24-2)26-13-14-4-7-16(21)8-5-14/h1,4-9,11-12H,10,13H2,2H3/b9-6+. The Morgan fingerprint density at radius 2 is 1.96 bits per heavy atom. The Kier molecular flexibility index (Phi) is 7.40. The van der Waals surface area contributed by atoms with Crippen LogP contribution < -0.4 is 9.47 Å². The van der Waals surface area contributed by atoms with Crippen molar-refractivity contribution < 1.29 is 19.0 Å². The second kappa shape index (κ2) is 9.76. The molecule has 2 aromatic rings. The Hall–Kier alpha value is -2.61. The Balaban J connectivity index is 2.13. The molecule has 0 bridgehead atoms. The van der Waals surface area contributed by atoms with Gasteiger partial charge < -0.3 is 14.2 Å². The van der Waals surface area contributed by atoms with Gasteiger partial charge in [-0.3, -0.25) is 0 Å². The van der Waals surface area contributed by atoms with E-state index in [0.29, 0.717) is 33.7 Å². The van der Waals surface area contributed by atoms with Crippen LogP contribution in [0.15, 0.2) is 42.5 Å². The lowest BCUT2D eigenvalue weighted by Gasteiger charge is -2.13. The maximum atomic E-state index is 11.5. The first kappa shape index (κ1) is 19.7. The third-order valence-electron chi connectivity index (χ3n) is 3.26. The Bertz CT molecular complexity index is 836. The van der Waals surface area contributed by atoms with Crippen molar-refractivity contribution in [3.63, 3.8) is 0 Å². The van der Waals surface area contributed by atoms with E-state index >= 15 is 0 Å². The predicted molar refractivity (Wildman–Crippen MR) is 103 cm³/mol. The van der Waals surface area contributed by atoms with Gasteiger partial charge in [0.25, 0.3) is 0 Å². The summed E-state index contributed by atoms with van der Waals surface area (Å²) in [6.07, 6.45) is 7.84. The largest absolute Gasteiger partial charge is 0.493 e. The first-order chi connectivity index (χ1) is 12.5. The van der Waals surface area contributed by atoms with Gasteiger partial charge in [-0.15, -0.1) is 6.42 Å². The molecule has 0 aromatic heterocycles. The Labute approximate surface area is 162 Å². The van der Waals surface area contributed by atoms with Gasteiger partial charge in [0.05, 0.1) is 12.1 Å². The van der Waals surface area contributed by atoms with Crippen molar-refractivity contribution in [3.05, 3.63) is 63.6 Å². The van der Waals surface area contributed by atoms with Gasteiger partial charge in [-0.25, -0.2) is 4.79 Å². The smallest absolute Gasteiger partial charge is 0.331 e. The molecule has 0 radical (unpaired) electrons. The van der Waals surface area contributed by atoms with Crippen LogP contribution in [0.4, 0.5) is 0 Å². The molecular formula is C20H16Cl2O4. The molecule has 0 aliphatic rings. The van der Waals surface area contributed by atoms with E-state index in [-0.39, 0.29) is 6.61 Å². The maximum Gasteiger partial charge on any atom is 0.331 e. The van der Waals surface area contributed by atoms with Crippen LogP contribution in [-0.4, -0.2) is 19.7 Å². The predicted octanol–water partition coefficient (Wildman–Crippen LogP) is 4.77. The zero-order valence-electron chi connectivity index (χ0n) is 14.0. The van der Waals surface area contributed by atoms with Gasteiger partial charge in [-0.05, 0) is 41.5 Å². The van der Waals surface area contributed by atoms with Gasteiger partial charge in [-0.2, -0.15) is 0 Å². The summed E-state index contributed by atoms with van der Waals surface area (Å²) in [6, 6.07) is 10.7. The van der Waals surface area contributed by atoms with E-state index in [1.54, 1.807) is 30.3 Å². The minimum Gasteiger partial charge on any atom is -0.493 e. The van der Waals surface area contributed by atoms with Crippen molar-refractivity contribution >= 4 is 35.2 Å². The number of halogens is 2. The number of terminal acetylenes is 1. The second-order valence-electron chi connectivity index (χ2n) is 5.09. The van der Waals surface area contributed by atoms with E-state index in [4.69, 9.17) is 43.8 Å². The fraction of sp³-hybridized carbons (Fsp3) is 0.150. The third kappa shape index (κ3) is 5.73. The summed E-state index contributed by atoms with van der Waals surface area (Å²) in [5.41, 5.74) is 1.59. The van der Waals surface area contributed by atoms with Crippen LogP contribution in [-0.2, 0) is 16.1 Å². The minimum absolute atomic E-state index is 0.0786. The second-order valence-corrected chi connectivity index (χ2v) is 5.94. The summed E-state index contributed by atoms with van der Waals surface area (Å²) < 4.78 is 15.9. The number of carbonyl (C=O) groups is 1. The highest BCUT2D eigenvalue weighted by Crippen LogP contribution is 2.37. The maximum absolute atomic E-state index is 11.5. The van der Waals surface area contributed by atoms with Gasteiger partial charge >= 0.3 is 5.97 Å². The summed E-state index contributed by atoms with van der Waals surface area (Å²) in [6.45, 7) is 0.228. The summed E-state index contributed by atoms with van der Waals surface area (Å²) >= 11 is 12.2. The lowest BCUT2D eigenvalue weighted by Crippen LogP contribution is -2.00. The number of hydrogen-bond donors (Lipinski definition) is 0. The molecule has 0 spiro atoms. The summed E-state index contributed by atoms with van der Waals surface area (Å²) in [4.78, 5) is 11.5. The van der Waals surface area contributed by atoms with E-state index in [9.17, 15) is 4.79 Å². The molecule has 0 atom stereocenters. The molecule has 0 aliphatic carbocycles. The molecule has 134 valence electrons. The van der Waals surface area contributed by atoms with E-state index < -0.39 is 5.97 Å². The number of ether oxygens (including phenoxy) is 3. The van der Waals surface area contributed by atoms with Crippen LogP contribution in [0.25, 0.3) is 6.08 Å². The average molecular weight is 391 g/mol. The lowest BCUT2D eigenvalue weighted by atomic mass is 10.2. The van der Waals surface area contributed by atoms with Crippen molar-refractivity contribution in [2.24, 2.45) is 0 Å². The first-order valence-electron chi connectivity index (χ1n) is 7.56. The molecule has 0 unspecified atom stereocenters. The van der Waals surface area contributed by atoms with Crippen molar-refractivity contribution in [2.75, 3.05) is 13.7 Å². The first-order valence-corrected chi connectivity index (χ1v) is 8.32. The van der Waals surface area contributed by atoms with E-state index in [1.165, 1.54) is 13.2 Å². The number of esters is 1. The lowest BCUT2D eigenvalue weighted by molar-refractivity contribution is -0.136. The van der Waals surface area contributed by atoms with Crippen LogP contribution in [0.5, 0.6) is 11.5 Å². The molecule has 0 N–H and O–H groups in total. The van der Waals surface area contributed by atoms with Gasteiger partial charge in [-0.1, -0.05) is 41.3 Å². The number of carbonyl (C=O) groups excluding carboxylic acids is 1. The third-order valence-corrected chi connectivity index (χ3v) is 3.79. The Morgan fingerprint density at radius 3 is 2.62 bits per heavy atom. The summed E-state index contributed by atoms with van der Waals surface area (Å²) in [5, 5.41) is 1.01. The number of rotatable bonds is 7. The van der Waals surface area contributed by atoms with E-state index in [1.807, 2.05) is 12.1 Å². The monoisotopic (exact) mass is 390 g/mol. The SMILES string of the molecule is C#CCOC(=O)/C=C/c1cc(Cl)c(OCc2ccc(Cl)cc2)c(OC)c1. The molecule has 4 nitrogen and oxygen atoms in total. The normalized spacial score (nSPS) is 10.4. The molecule has 26 heavy (non-hydrogen) atoms. The highest BCUT2D eigenvalue weighted by molar-refractivity contribution is 6.32. The van der Waals surface area contributed by atoms with Crippen LogP contribution in [0.2, 0.25) is 10.0 Å². The van der Waals surface area contributed by atoms with Gasteiger partial charge in [0.1, 0.15) is 6.61 Å². The van der Waals surface area contributed by atoms with Crippen molar-refractivity contribution in [2.45, 2.75) is 6.61 Å². The van der Waals surface area contributed by atoms with Crippen molar-refractivity contribution in [3.8, 4) is 23.8 Å². The summed E-state index contributed by atoms with van der Waals surface area (Å²) in [7, 11) is 1.51. The molecule has 6 heteroatoms. The van der Waals surface area contributed by atoms with Crippen LogP contribution >= 0.6 is 23.2 Å². The quantitative estimate of drug-likeness (QED) is 0.388. The number of benzene rings is 2. The molecule has 2 rings (SSSR count). The Morgan fingerprint density at radius 1 is 1.23 bits per heavy atom. The minimum atomic E-state index is -0.541. The van der Waals surface area contributed by atoms with Gasteiger partial charge in [0.2, 0.25) is 0 Å². The molecular weight excluding hydrogens is 375 g/mol. The molecule has 0 aliphatic heterocycles. The number of hydrogen-bond acceptors (Lipinski definition) is 4. The van der Waals surface area contributed by atoms with Gasteiger partial charge in [0.15, 0.2) is 18.1 Å². The molecule has 0 saturated carbocycles. The fourth-order valence-corrected chi connectivity index (χ4v) is 2.44. The van der Waals surface area contributed by atoms with E-state index in [2.05, 4.69) is 5.92 Å². The zero-order valence-corrected chi connectivity index (χ0v) is 15.5. The molecule has 0 saturated heterocycles. The zero-order chi connectivity index (χ0) is 18.9. The topological polar surface area (TPSA) is 44.8 Å². The summed E-state index contributed by atoms with van der Waals surface area (Å²) in [5.74, 6) is 2.54. The van der Waals surface area contributed by atoms with E-state index in [0.717, 1.165) is 5.56 Å². The highest BCUT2D eigenvalue weighted by atomic mass is 35.5. The van der Waals surface area contributed by atoms with Crippen LogP contribution in [0.1, 0.15) is 11.1 Å². The van der Waals surface area contributed by atoms with Crippen molar-refractivity contribution in [1.82, 2.24) is 0 Å². The van der Waals surface area contributed by atoms with Crippen LogP contribution in [0, 0.1) is 12.3 Å².